The second-order valence-corrected chi connectivity index (χ2v) is 13.0. The third-order valence-corrected chi connectivity index (χ3v) is 9.15. The topological polar surface area (TPSA) is 86.8 Å². The Morgan fingerprint density at radius 1 is 0.750 bits per heavy atom. The minimum Gasteiger partial charge on any atom is -0.354 e. The van der Waals surface area contributed by atoms with E-state index in [1.807, 2.05) is 88.4 Å². The van der Waals surface area contributed by atoms with Crippen molar-refractivity contribution in [3.05, 3.63) is 131 Å². The first-order valence-corrected chi connectivity index (χ1v) is 16.3. The summed E-state index contributed by atoms with van der Waals surface area (Å²) in [7, 11) is -4.13. The van der Waals surface area contributed by atoms with Crippen molar-refractivity contribution in [2.75, 3.05) is 17.4 Å². The third kappa shape index (κ3) is 8.35. The summed E-state index contributed by atoms with van der Waals surface area (Å²) < 4.78 is 29.4. The molecular weight excluding hydrogens is 570 g/mol. The summed E-state index contributed by atoms with van der Waals surface area (Å²) in [6, 6.07) is 30.1. The van der Waals surface area contributed by atoms with E-state index in [1.54, 1.807) is 30.3 Å². The normalized spacial score (nSPS) is 11.9. The molecule has 0 aliphatic heterocycles. The molecule has 0 fully saturated rings. The van der Waals surface area contributed by atoms with Crippen LogP contribution in [0.3, 0.4) is 0 Å². The summed E-state index contributed by atoms with van der Waals surface area (Å²) in [5.41, 5.74) is 4.91. The van der Waals surface area contributed by atoms with Gasteiger partial charge in [0.25, 0.3) is 10.0 Å². The van der Waals surface area contributed by atoms with Crippen molar-refractivity contribution in [2.45, 2.75) is 58.0 Å². The zero-order valence-corrected chi connectivity index (χ0v) is 26.7. The number of amides is 2. The van der Waals surface area contributed by atoms with Crippen LogP contribution in [0.25, 0.3) is 0 Å². The standard InChI is InChI=1S/C36H41N3O4S/c1-5-19-37-36(41)34(24-30-14-8-6-9-15-30)38(25-31-16-12-13-27(2)21-31)35(40)26-39(32-22-28(3)20-29(4)23-32)44(42,43)33-17-10-7-11-18-33/h6-18,20-23,34H,5,19,24-26H2,1-4H3,(H,37,41)/t34-/m1/s1. The Hall–Kier alpha value is -4.43. The average molecular weight is 612 g/mol. The molecule has 0 spiro atoms. The lowest BCUT2D eigenvalue weighted by atomic mass is 10.0. The van der Waals surface area contributed by atoms with Gasteiger partial charge < -0.3 is 10.2 Å². The van der Waals surface area contributed by atoms with Gasteiger partial charge in [-0.25, -0.2) is 8.42 Å². The summed E-state index contributed by atoms with van der Waals surface area (Å²) in [5, 5.41) is 2.98. The van der Waals surface area contributed by atoms with Gasteiger partial charge in [-0.15, -0.1) is 0 Å². The van der Waals surface area contributed by atoms with Crippen LogP contribution in [0.5, 0.6) is 0 Å². The molecule has 0 aliphatic rings. The smallest absolute Gasteiger partial charge is 0.264 e. The van der Waals surface area contributed by atoms with Gasteiger partial charge in [-0.05, 0) is 73.7 Å². The molecule has 2 amide bonds. The minimum atomic E-state index is -4.13. The van der Waals surface area contributed by atoms with E-state index < -0.39 is 28.5 Å². The van der Waals surface area contributed by atoms with E-state index >= 15 is 0 Å². The van der Waals surface area contributed by atoms with Gasteiger partial charge in [0.15, 0.2) is 0 Å². The summed E-state index contributed by atoms with van der Waals surface area (Å²) in [4.78, 5) is 29.9. The maximum Gasteiger partial charge on any atom is 0.264 e. The lowest BCUT2D eigenvalue weighted by molar-refractivity contribution is -0.140. The summed E-state index contributed by atoms with van der Waals surface area (Å²) in [5.74, 6) is -0.752. The molecule has 0 saturated heterocycles. The van der Waals surface area contributed by atoms with Gasteiger partial charge in [0.2, 0.25) is 11.8 Å². The highest BCUT2D eigenvalue weighted by Gasteiger charge is 2.34. The van der Waals surface area contributed by atoms with Gasteiger partial charge in [0.1, 0.15) is 12.6 Å². The van der Waals surface area contributed by atoms with E-state index in [-0.39, 0.29) is 23.8 Å². The number of nitrogens with zero attached hydrogens (tertiary/aromatic N) is 2. The quantitative estimate of drug-likeness (QED) is 0.202. The first-order valence-electron chi connectivity index (χ1n) is 14.9. The Kier molecular flexibility index (Phi) is 11.0. The molecule has 0 radical (unpaired) electrons. The zero-order chi connectivity index (χ0) is 31.7. The number of hydrogen-bond donors (Lipinski definition) is 1. The molecule has 0 saturated carbocycles. The maximum absolute atomic E-state index is 14.5. The van der Waals surface area contributed by atoms with Crippen LogP contribution in [-0.4, -0.2) is 44.3 Å². The molecule has 230 valence electrons. The Morgan fingerprint density at radius 3 is 1.98 bits per heavy atom. The Morgan fingerprint density at radius 2 is 1.36 bits per heavy atom. The molecule has 0 unspecified atom stereocenters. The van der Waals surface area contributed by atoms with Crippen LogP contribution in [0.15, 0.2) is 108 Å². The Labute approximate surface area is 261 Å². The van der Waals surface area contributed by atoms with Crippen molar-refractivity contribution < 1.29 is 18.0 Å². The zero-order valence-electron chi connectivity index (χ0n) is 25.9. The molecule has 4 aromatic carbocycles. The number of rotatable bonds is 13. The van der Waals surface area contributed by atoms with Crippen molar-refractivity contribution in [1.82, 2.24) is 10.2 Å². The molecule has 44 heavy (non-hydrogen) atoms. The van der Waals surface area contributed by atoms with Gasteiger partial charge in [0, 0.05) is 19.5 Å². The highest BCUT2D eigenvalue weighted by molar-refractivity contribution is 7.92. The molecule has 1 atom stereocenters. The molecule has 1 N–H and O–H groups in total. The van der Waals surface area contributed by atoms with E-state index in [1.165, 1.54) is 17.0 Å². The molecular formula is C36H41N3O4S. The first-order chi connectivity index (χ1) is 21.1. The van der Waals surface area contributed by atoms with Gasteiger partial charge in [-0.1, -0.05) is 91.3 Å². The SMILES string of the molecule is CCCNC(=O)[C@@H](Cc1ccccc1)N(Cc1cccc(C)c1)C(=O)CN(c1cc(C)cc(C)c1)S(=O)(=O)c1ccccc1. The number of anilines is 1. The molecule has 4 rings (SSSR count). The average Bonchev–Trinajstić information content (AvgIpc) is 3.00. The molecule has 8 heteroatoms. The van der Waals surface area contributed by atoms with E-state index in [0.29, 0.717) is 12.2 Å². The number of carbonyl (C=O) groups is 2. The lowest BCUT2D eigenvalue weighted by Gasteiger charge is -2.34. The lowest BCUT2D eigenvalue weighted by Crippen LogP contribution is -2.53. The molecule has 0 aromatic heterocycles. The molecule has 0 bridgehead atoms. The van der Waals surface area contributed by atoms with Crippen LogP contribution in [-0.2, 0) is 32.6 Å². The van der Waals surface area contributed by atoms with Gasteiger partial charge in [-0.3, -0.25) is 13.9 Å². The fourth-order valence-corrected chi connectivity index (χ4v) is 6.69. The van der Waals surface area contributed by atoms with Crippen LogP contribution < -0.4 is 9.62 Å². The van der Waals surface area contributed by atoms with Crippen molar-refractivity contribution in [2.24, 2.45) is 0 Å². The summed E-state index contributed by atoms with van der Waals surface area (Å²) in [6.07, 6.45) is 1.02. The van der Waals surface area contributed by atoms with E-state index in [0.717, 1.165) is 38.5 Å². The van der Waals surface area contributed by atoms with Crippen LogP contribution in [0.4, 0.5) is 5.69 Å². The monoisotopic (exact) mass is 611 g/mol. The molecule has 0 heterocycles. The number of nitrogens with one attached hydrogen (secondary N) is 1. The first kappa shape index (κ1) is 32.5. The second-order valence-electron chi connectivity index (χ2n) is 11.2. The highest BCUT2D eigenvalue weighted by Crippen LogP contribution is 2.27. The predicted octanol–water partition coefficient (Wildman–Crippen LogP) is 5.97. The fraction of sp³-hybridized carbons (Fsp3) is 0.278. The van der Waals surface area contributed by atoms with E-state index in [4.69, 9.17) is 0 Å². The van der Waals surface area contributed by atoms with Gasteiger partial charge in [-0.2, -0.15) is 0 Å². The largest absolute Gasteiger partial charge is 0.354 e. The van der Waals surface area contributed by atoms with Crippen LogP contribution in [0, 0.1) is 20.8 Å². The highest BCUT2D eigenvalue weighted by atomic mass is 32.2. The number of hydrogen-bond acceptors (Lipinski definition) is 4. The van der Waals surface area contributed by atoms with Crippen molar-refractivity contribution in [1.29, 1.82) is 0 Å². The van der Waals surface area contributed by atoms with Crippen molar-refractivity contribution in [3.8, 4) is 0 Å². The number of carbonyl (C=O) groups excluding carboxylic acids is 2. The number of aryl methyl sites for hydroxylation is 3. The number of sulfonamides is 1. The second kappa shape index (κ2) is 14.8. The molecule has 0 aliphatic carbocycles. The maximum atomic E-state index is 14.5. The predicted molar refractivity (Wildman–Crippen MR) is 176 cm³/mol. The third-order valence-electron chi connectivity index (χ3n) is 7.36. The molecule has 4 aromatic rings. The fourth-order valence-electron chi connectivity index (χ4n) is 5.27. The van der Waals surface area contributed by atoms with Crippen LogP contribution in [0.1, 0.15) is 41.2 Å². The van der Waals surface area contributed by atoms with Gasteiger partial charge >= 0.3 is 0 Å². The molecule has 7 nitrogen and oxygen atoms in total. The summed E-state index contributed by atoms with van der Waals surface area (Å²) in [6.45, 7) is 7.86. The van der Waals surface area contributed by atoms with Crippen LogP contribution >= 0.6 is 0 Å². The summed E-state index contributed by atoms with van der Waals surface area (Å²) >= 11 is 0. The van der Waals surface area contributed by atoms with E-state index in [2.05, 4.69) is 5.32 Å². The van der Waals surface area contributed by atoms with E-state index in [9.17, 15) is 18.0 Å². The Balaban J connectivity index is 1.81. The van der Waals surface area contributed by atoms with Gasteiger partial charge in [0.05, 0.1) is 10.6 Å². The van der Waals surface area contributed by atoms with Crippen molar-refractivity contribution >= 4 is 27.5 Å². The van der Waals surface area contributed by atoms with Crippen LogP contribution in [0.2, 0.25) is 0 Å². The Bertz CT molecular complexity index is 1650. The minimum absolute atomic E-state index is 0.0821. The van der Waals surface area contributed by atoms with Crippen molar-refractivity contribution in [3.63, 3.8) is 0 Å². The number of benzene rings is 4.